The van der Waals surface area contributed by atoms with Gasteiger partial charge in [0.25, 0.3) is 0 Å². The number of hydrogen-bond donors (Lipinski definition) is 2. The largest absolute Gasteiger partial charge is 0.383 e. The lowest BCUT2D eigenvalue weighted by atomic mass is 10.1. The van der Waals surface area contributed by atoms with E-state index in [0.29, 0.717) is 11.7 Å². The lowest BCUT2D eigenvalue weighted by molar-refractivity contribution is 0.325. The van der Waals surface area contributed by atoms with Gasteiger partial charge >= 0.3 is 0 Å². The maximum Gasteiger partial charge on any atom is 0.126 e. The van der Waals surface area contributed by atoms with Crippen LogP contribution in [0.3, 0.4) is 0 Å². The third-order valence-electron chi connectivity index (χ3n) is 3.37. The molecule has 21 heavy (non-hydrogen) atoms. The maximum atomic E-state index is 5.83. The van der Waals surface area contributed by atoms with Crippen molar-refractivity contribution in [2.24, 2.45) is 5.92 Å². The summed E-state index contributed by atoms with van der Waals surface area (Å²) in [5.41, 5.74) is 9.47. The molecule has 1 rings (SSSR count). The number of aryl methyl sites for hydroxylation is 1. The molecular weight excluding hydrogens is 260 g/mol. The van der Waals surface area contributed by atoms with Gasteiger partial charge < -0.3 is 16.0 Å². The van der Waals surface area contributed by atoms with Gasteiger partial charge in [-0.15, -0.1) is 0 Å². The second-order valence-corrected chi connectivity index (χ2v) is 5.60. The van der Waals surface area contributed by atoms with Crippen LogP contribution < -0.4 is 11.1 Å². The van der Waals surface area contributed by atoms with Crippen LogP contribution in [0.4, 0.5) is 11.5 Å². The number of anilines is 2. The smallest absolute Gasteiger partial charge is 0.126 e. The van der Waals surface area contributed by atoms with E-state index in [9.17, 15) is 0 Å². The van der Waals surface area contributed by atoms with Crippen LogP contribution >= 0.6 is 0 Å². The summed E-state index contributed by atoms with van der Waals surface area (Å²) in [5, 5.41) is 3.28. The van der Waals surface area contributed by atoms with Crippen molar-refractivity contribution in [1.29, 1.82) is 0 Å². The number of nitrogens with two attached hydrogens (primary N) is 1. The molecule has 0 aliphatic heterocycles. The Labute approximate surface area is 128 Å². The third-order valence-corrected chi connectivity index (χ3v) is 3.37. The Balaban J connectivity index is 2.78. The predicted molar refractivity (Wildman–Crippen MR) is 92.0 cm³/mol. The highest BCUT2D eigenvalue weighted by atomic mass is 15.2. The average Bonchev–Trinajstić information content (AvgIpc) is 2.45. The van der Waals surface area contributed by atoms with E-state index in [-0.39, 0.29) is 0 Å². The molecule has 0 unspecified atom stereocenters. The average molecular weight is 288 g/mol. The Morgan fingerprint density at radius 2 is 2.05 bits per heavy atom. The van der Waals surface area contributed by atoms with E-state index in [1.54, 1.807) is 6.20 Å². The summed E-state index contributed by atoms with van der Waals surface area (Å²) in [7, 11) is 0. The fourth-order valence-corrected chi connectivity index (χ4v) is 2.18. The Hall–Kier alpha value is -1.97. The predicted octanol–water partition coefficient (Wildman–Crippen LogP) is 3.64. The summed E-state index contributed by atoms with van der Waals surface area (Å²) >= 11 is 0. The summed E-state index contributed by atoms with van der Waals surface area (Å²) in [6, 6.07) is 2.01. The molecule has 3 N–H and O–H groups in total. The Morgan fingerprint density at radius 1 is 1.38 bits per heavy atom. The van der Waals surface area contributed by atoms with Gasteiger partial charge in [-0.25, -0.2) is 4.98 Å². The number of hydrogen-bond acceptors (Lipinski definition) is 4. The molecule has 1 aromatic heterocycles. The van der Waals surface area contributed by atoms with Crippen molar-refractivity contribution in [3.05, 3.63) is 42.4 Å². The molecule has 0 bridgehead atoms. The van der Waals surface area contributed by atoms with Gasteiger partial charge in [-0.3, -0.25) is 0 Å². The first-order valence-corrected chi connectivity index (χ1v) is 7.53. The molecule has 0 aliphatic carbocycles. The molecule has 0 saturated carbocycles. The van der Waals surface area contributed by atoms with Crippen LogP contribution in [0.25, 0.3) is 0 Å². The molecular formula is C17H28N4. The number of nitrogens with one attached hydrogen (secondary N) is 1. The van der Waals surface area contributed by atoms with Gasteiger partial charge in [-0.2, -0.15) is 0 Å². The number of likely N-dealkylation sites (N-methyl/N-ethyl adjacent to an activating group) is 1. The van der Waals surface area contributed by atoms with E-state index < -0.39 is 0 Å². The van der Waals surface area contributed by atoms with E-state index in [2.05, 4.69) is 56.1 Å². The maximum absolute atomic E-state index is 5.83. The van der Waals surface area contributed by atoms with Gasteiger partial charge in [0.2, 0.25) is 0 Å². The number of nitrogens with zero attached hydrogens (tertiary/aromatic N) is 2. The monoisotopic (exact) mass is 288 g/mol. The van der Waals surface area contributed by atoms with Crippen LogP contribution in [0.5, 0.6) is 0 Å². The van der Waals surface area contributed by atoms with Gasteiger partial charge in [0.1, 0.15) is 5.82 Å². The minimum atomic E-state index is 0.583. The quantitative estimate of drug-likeness (QED) is 0.717. The van der Waals surface area contributed by atoms with E-state index in [1.165, 1.54) is 0 Å². The molecule has 0 saturated heterocycles. The highest BCUT2D eigenvalue weighted by molar-refractivity contribution is 5.56. The zero-order valence-corrected chi connectivity index (χ0v) is 13.7. The number of nitrogen functional groups attached to an aromatic ring is 1. The van der Waals surface area contributed by atoms with Crippen molar-refractivity contribution >= 4 is 11.5 Å². The number of aromatic nitrogens is 1. The lowest BCUT2D eigenvalue weighted by Gasteiger charge is -2.28. The van der Waals surface area contributed by atoms with Crippen molar-refractivity contribution in [2.45, 2.75) is 34.1 Å². The summed E-state index contributed by atoms with van der Waals surface area (Å²) in [6.45, 7) is 18.7. The van der Waals surface area contributed by atoms with Crippen LogP contribution in [0.15, 0.2) is 36.8 Å². The van der Waals surface area contributed by atoms with Gasteiger partial charge in [0.05, 0.1) is 23.3 Å². The van der Waals surface area contributed by atoms with Crippen LogP contribution in [-0.2, 0) is 6.42 Å². The molecule has 0 aromatic carbocycles. The van der Waals surface area contributed by atoms with E-state index in [1.807, 2.05) is 6.07 Å². The molecule has 1 aromatic rings. The molecule has 0 radical (unpaired) electrons. The SMILES string of the molecule is C=C(Nc1cnc(N)c(CC)c1)C(=C)N(CC)CC(C)C. The molecule has 4 nitrogen and oxygen atoms in total. The number of rotatable bonds is 8. The van der Waals surface area contributed by atoms with E-state index in [4.69, 9.17) is 5.73 Å². The van der Waals surface area contributed by atoms with Gasteiger partial charge in [0.15, 0.2) is 0 Å². The normalized spacial score (nSPS) is 10.5. The summed E-state index contributed by atoms with van der Waals surface area (Å²) in [5.74, 6) is 1.17. The molecule has 0 atom stereocenters. The van der Waals surface area contributed by atoms with Crippen LogP contribution in [-0.4, -0.2) is 23.0 Å². The first kappa shape index (κ1) is 17.1. The molecule has 1 heterocycles. The second kappa shape index (κ2) is 7.72. The molecule has 0 amide bonds. The molecule has 4 heteroatoms. The molecule has 116 valence electrons. The van der Waals surface area contributed by atoms with Crippen molar-refractivity contribution in [1.82, 2.24) is 9.88 Å². The highest BCUT2D eigenvalue weighted by Gasteiger charge is 2.11. The zero-order chi connectivity index (χ0) is 16.0. The van der Waals surface area contributed by atoms with E-state index in [0.717, 1.165) is 42.2 Å². The topological polar surface area (TPSA) is 54.2 Å². The van der Waals surface area contributed by atoms with Crippen molar-refractivity contribution in [3.8, 4) is 0 Å². The number of pyridine rings is 1. The van der Waals surface area contributed by atoms with Gasteiger partial charge in [-0.05, 0) is 30.9 Å². The van der Waals surface area contributed by atoms with Gasteiger partial charge in [0, 0.05) is 13.1 Å². The summed E-state index contributed by atoms with van der Waals surface area (Å²) in [4.78, 5) is 6.43. The Bertz CT molecular complexity index is 506. The van der Waals surface area contributed by atoms with Crippen molar-refractivity contribution < 1.29 is 0 Å². The van der Waals surface area contributed by atoms with Crippen LogP contribution in [0.2, 0.25) is 0 Å². The standard InChI is InChI=1S/C17H28N4/c1-7-15-9-16(10-19-17(15)18)20-13(5)14(6)21(8-2)11-12(3)4/h9-10,12,20H,5-8,11H2,1-4H3,(H2,18,19). The Kier molecular flexibility index (Phi) is 6.28. The molecule has 0 aliphatic rings. The third kappa shape index (κ3) is 4.81. The van der Waals surface area contributed by atoms with Crippen LogP contribution in [0.1, 0.15) is 33.3 Å². The van der Waals surface area contributed by atoms with E-state index >= 15 is 0 Å². The fraction of sp³-hybridized carbons (Fsp3) is 0.471. The summed E-state index contributed by atoms with van der Waals surface area (Å²) in [6.07, 6.45) is 2.59. The lowest BCUT2D eigenvalue weighted by Crippen LogP contribution is -2.28. The van der Waals surface area contributed by atoms with Gasteiger partial charge in [-0.1, -0.05) is 33.9 Å². The zero-order valence-electron chi connectivity index (χ0n) is 13.7. The first-order chi connectivity index (χ1) is 9.88. The molecule has 0 fully saturated rings. The second-order valence-electron chi connectivity index (χ2n) is 5.60. The first-order valence-electron chi connectivity index (χ1n) is 7.53. The fourth-order valence-electron chi connectivity index (χ4n) is 2.18. The van der Waals surface area contributed by atoms with Crippen molar-refractivity contribution in [3.63, 3.8) is 0 Å². The minimum Gasteiger partial charge on any atom is -0.383 e. The van der Waals surface area contributed by atoms with Crippen LogP contribution in [0, 0.1) is 5.92 Å². The van der Waals surface area contributed by atoms with Crippen molar-refractivity contribution in [2.75, 3.05) is 24.1 Å². The minimum absolute atomic E-state index is 0.583. The summed E-state index contributed by atoms with van der Waals surface area (Å²) < 4.78 is 0. The Morgan fingerprint density at radius 3 is 2.57 bits per heavy atom. The molecule has 0 spiro atoms. The highest BCUT2D eigenvalue weighted by Crippen LogP contribution is 2.20.